The minimum absolute atomic E-state index is 0.107. The van der Waals surface area contributed by atoms with Crippen LogP contribution in [-0.4, -0.2) is 19.8 Å². The quantitative estimate of drug-likeness (QED) is 0.700. The van der Waals surface area contributed by atoms with Crippen LogP contribution in [0.25, 0.3) is 15.5 Å². The van der Waals surface area contributed by atoms with Gasteiger partial charge in [0.25, 0.3) is 0 Å². The molecule has 0 radical (unpaired) electrons. The van der Waals surface area contributed by atoms with Gasteiger partial charge in [0.15, 0.2) is 5.82 Å². The van der Waals surface area contributed by atoms with Crippen molar-refractivity contribution >= 4 is 33.6 Å². The lowest BCUT2D eigenvalue weighted by Gasteiger charge is -2.13. The zero-order valence-electron chi connectivity index (χ0n) is 11.4. The molecule has 2 N–H and O–H groups in total. The smallest absolute Gasteiger partial charge is 0.235 e. The van der Waals surface area contributed by atoms with Crippen LogP contribution in [0.1, 0.15) is 26.6 Å². The first kappa shape index (κ1) is 13.3. The zero-order chi connectivity index (χ0) is 14.5. The normalized spacial score (nSPS) is 12.2. The van der Waals surface area contributed by atoms with Gasteiger partial charge in [0.2, 0.25) is 4.96 Å². The van der Waals surface area contributed by atoms with Gasteiger partial charge in [0.05, 0.1) is 10.7 Å². The minimum Gasteiger partial charge on any atom is -0.398 e. The second kappa shape index (κ2) is 4.43. The van der Waals surface area contributed by atoms with Crippen molar-refractivity contribution in [3.63, 3.8) is 0 Å². The Balaban J connectivity index is 2.14. The predicted octanol–water partition coefficient (Wildman–Crippen LogP) is 3.39. The van der Waals surface area contributed by atoms with Crippen LogP contribution in [-0.2, 0) is 5.41 Å². The Morgan fingerprint density at radius 1 is 1.25 bits per heavy atom. The van der Waals surface area contributed by atoms with E-state index in [2.05, 4.69) is 36.1 Å². The van der Waals surface area contributed by atoms with Gasteiger partial charge in [-0.15, -0.1) is 10.2 Å². The maximum atomic E-state index is 5.94. The van der Waals surface area contributed by atoms with Gasteiger partial charge in [-0.2, -0.15) is 9.61 Å². The van der Waals surface area contributed by atoms with Crippen molar-refractivity contribution in [2.75, 3.05) is 5.73 Å². The molecule has 0 amide bonds. The summed E-state index contributed by atoms with van der Waals surface area (Å²) in [5.41, 5.74) is 7.21. The Morgan fingerprint density at radius 2 is 2.00 bits per heavy atom. The third-order valence-electron chi connectivity index (χ3n) is 2.90. The van der Waals surface area contributed by atoms with Gasteiger partial charge in [-0.05, 0) is 12.1 Å². The van der Waals surface area contributed by atoms with Crippen LogP contribution >= 0.6 is 22.9 Å². The lowest BCUT2D eigenvalue weighted by molar-refractivity contribution is 0.528. The second-order valence-corrected chi connectivity index (χ2v) is 6.97. The van der Waals surface area contributed by atoms with Crippen molar-refractivity contribution in [1.29, 1.82) is 0 Å². The van der Waals surface area contributed by atoms with E-state index >= 15 is 0 Å². The second-order valence-electron chi connectivity index (χ2n) is 5.61. The maximum Gasteiger partial charge on any atom is 0.235 e. The van der Waals surface area contributed by atoms with Crippen molar-refractivity contribution in [3.05, 3.63) is 29.0 Å². The SMILES string of the molecule is CC(C)(C)c1nnc2sc(-c3ccc(Cl)c(N)c3)nn12. The fraction of sp³-hybridized carbons (Fsp3) is 0.308. The Bertz CT molecular complexity index is 784. The third-order valence-corrected chi connectivity index (χ3v) is 4.20. The number of nitrogens with zero attached hydrogens (tertiary/aromatic N) is 4. The molecule has 7 heteroatoms. The lowest BCUT2D eigenvalue weighted by Crippen LogP contribution is -2.16. The van der Waals surface area contributed by atoms with Crippen LogP contribution in [0, 0.1) is 0 Å². The number of aromatic nitrogens is 4. The Kier molecular flexibility index (Phi) is 2.95. The van der Waals surface area contributed by atoms with Gasteiger partial charge in [-0.3, -0.25) is 0 Å². The molecule has 3 rings (SSSR count). The molecule has 3 aromatic rings. The minimum atomic E-state index is -0.107. The highest BCUT2D eigenvalue weighted by atomic mass is 35.5. The molecule has 20 heavy (non-hydrogen) atoms. The van der Waals surface area contributed by atoms with Gasteiger partial charge in [0, 0.05) is 11.0 Å². The monoisotopic (exact) mass is 307 g/mol. The number of anilines is 1. The van der Waals surface area contributed by atoms with Crippen LogP contribution in [0.3, 0.4) is 0 Å². The van der Waals surface area contributed by atoms with Gasteiger partial charge in [-0.25, -0.2) is 0 Å². The number of benzene rings is 1. The molecule has 0 atom stereocenters. The summed E-state index contributed by atoms with van der Waals surface area (Å²) in [6.45, 7) is 6.26. The van der Waals surface area contributed by atoms with E-state index in [1.54, 1.807) is 10.6 Å². The number of fused-ring (bicyclic) bond motifs is 1. The first-order valence-corrected chi connectivity index (χ1v) is 7.34. The molecule has 0 saturated heterocycles. The fourth-order valence-corrected chi connectivity index (χ4v) is 2.83. The van der Waals surface area contributed by atoms with Crippen LogP contribution in [0.2, 0.25) is 5.02 Å². The van der Waals surface area contributed by atoms with Gasteiger partial charge < -0.3 is 5.73 Å². The van der Waals surface area contributed by atoms with E-state index in [0.29, 0.717) is 10.7 Å². The summed E-state index contributed by atoms with van der Waals surface area (Å²) in [5.74, 6) is 0.844. The zero-order valence-corrected chi connectivity index (χ0v) is 13.0. The number of hydrogen-bond acceptors (Lipinski definition) is 5. The van der Waals surface area contributed by atoms with Gasteiger partial charge >= 0.3 is 0 Å². The summed E-state index contributed by atoms with van der Waals surface area (Å²) >= 11 is 7.42. The van der Waals surface area contributed by atoms with Crippen LogP contribution < -0.4 is 5.73 Å². The molecule has 2 aromatic heterocycles. The van der Waals surface area contributed by atoms with Crippen molar-refractivity contribution in [2.24, 2.45) is 0 Å². The number of halogens is 1. The van der Waals surface area contributed by atoms with Crippen molar-refractivity contribution < 1.29 is 0 Å². The predicted molar refractivity (Wildman–Crippen MR) is 82.2 cm³/mol. The number of rotatable bonds is 1. The van der Waals surface area contributed by atoms with Crippen molar-refractivity contribution in [1.82, 2.24) is 19.8 Å². The molecule has 0 aliphatic carbocycles. The highest BCUT2D eigenvalue weighted by Gasteiger charge is 2.23. The molecular formula is C13H14ClN5S. The third kappa shape index (κ3) is 2.14. The summed E-state index contributed by atoms with van der Waals surface area (Å²) in [7, 11) is 0. The van der Waals surface area contributed by atoms with Crippen molar-refractivity contribution in [3.8, 4) is 10.6 Å². The summed E-state index contributed by atoms with van der Waals surface area (Å²) in [6, 6.07) is 5.51. The first-order chi connectivity index (χ1) is 9.36. The maximum absolute atomic E-state index is 5.94. The standard InChI is InChI=1S/C13H14ClN5S/c1-13(2,3)11-16-17-12-19(11)18-10(20-12)7-4-5-8(14)9(15)6-7/h4-6H,15H2,1-3H3. The highest BCUT2D eigenvalue weighted by molar-refractivity contribution is 7.19. The van der Waals surface area contributed by atoms with E-state index in [1.165, 1.54) is 11.3 Å². The summed E-state index contributed by atoms with van der Waals surface area (Å²) in [6.07, 6.45) is 0. The molecule has 104 valence electrons. The Labute approximate surface area is 125 Å². The average Bonchev–Trinajstić information content (AvgIpc) is 2.90. The van der Waals surface area contributed by atoms with Crippen LogP contribution in [0.15, 0.2) is 18.2 Å². The largest absolute Gasteiger partial charge is 0.398 e. The van der Waals surface area contributed by atoms with E-state index in [-0.39, 0.29) is 5.41 Å². The molecule has 0 fully saturated rings. The van der Waals surface area contributed by atoms with E-state index in [9.17, 15) is 0 Å². The lowest BCUT2D eigenvalue weighted by atomic mass is 9.96. The summed E-state index contributed by atoms with van der Waals surface area (Å²) < 4.78 is 1.80. The highest BCUT2D eigenvalue weighted by Crippen LogP contribution is 2.31. The topological polar surface area (TPSA) is 69.1 Å². The molecule has 0 bridgehead atoms. The molecule has 0 spiro atoms. The molecule has 0 unspecified atom stereocenters. The van der Waals surface area contributed by atoms with E-state index in [1.807, 2.05) is 12.1 Å². The summed E-state index contributed by atoms with van der Waals surface area (Å²) in [5, 5.41) is 14.4. The number of nitrogen functional groups attached to an aromatic ring is 1. The first-order valence-electron chi connectivity index (χ1n) is 6.14. The molecule has 0 aliphatic heterocycles. The van der Waals surface area contributed by atoms with Crippen LogP contribution in [0.5, 0.6) is 0 Å². The van der Waals surface area contributed by atoms with Gasteiger partial charge in [-0.1, -0.05) is 49.8 Å². The molecule has 5 nitrogen and oxygen atoms in total. The molecular weight excluding hydrogens is 294 g/mol. The molecule has 0 saturated carbocycles. The van der Waals surface area contributed by atoms with Crippen LogP contribution in [0.4, 0.5) is 5.69 Å². The molecule has 0 aliphatic rings. The Morgan fingerprint density at radius 3 is 2.65 bits per heavy atom. The summed E-state index contributed by atoms with van der Waals surface area (Å²) in [4.78, 5) is 0.776. The van der Waals surface area contributed by atoms with E-state index < -0.39 is 0 Å². The fourth-order valence-electron chi connectivity index (χ4n) is 1.88. The van der Waals surface area contributed by atoms with E-state index in [4.69, 9.17) is 17.3 Å². The molecule has 2 heterocycles. The number of nitrogens with two attached hydrogens (primary N) is 1. The van der Waals surface area contributed by atoms with Gasteiger partial charge in [0.1, 0.15) is 5.01 Å². The van der Waals surface area contributed by atoms with E-state index in [0.717, 1.165) is 21.4 Å². The Hall–Kier alpha value is -1.66. The molecule has 1 aromatic carbocycles. The average molecular weight is 308 g/mol. The number of hydrogen-bond donors (Lipinski definition) is 1. The van der Waals surface area contributed by atoms with Crippen molar-refractivity contribution in [2.45, 2.75) is 26.2 Å².